The van der Waals surface area contributed by atoms with Crippen LogP contribution in [-0.2, 0) is 9.84 Å². The van der Waals surface area contributed by atoms with Crippen molar-refractivity contribution in [1.82, 2.24) is 0 Å². The minimum Gasteiger partial charge on any atom is -0.222 e. The maximum atomic E-state index is 12.8. The molecule has 1 spiro atoms. The standard InChI is InChI=1S/C16H19NO2S/c17-13-16(11-15(12-16)9-5-2-6-10-15)20(18,19)14-7-3-1-4-8-14/h1,3-4,7-8H,2,5-6,9-12H2. The second kappa shape index (κ2) is 4.60. The number of nitrogens with zero attached hydrogens (tertiary/aromatic N) is 1. The van der Waals surface area contributed by atoms with E-state index in [1.165, 1.54) is 19.3 Å². The van der Waals surface area contributed by atoms with Crippen LogP contribution in [0.3, 0.4) is 0 Å². The van der Waals surface area contributed by atoms with Gasteiger partial charge in [0.2, 0.25) is 0 Å². The van der Waals surface area contributed by atoms with Crippen molar-refractivity contribution in [1.29, 1.82) is 5.26 Å². The molecule has 0 atom stereocenters. The Hall–Kier alpha value is -1.34. The van der Waals surface area contributed by atoms with Crippen LogP contribution in [0.25, 0.3) is 0 Å². The Morgan fingerprint density at radius 1 is 1.00 bits per heavy atom. The average Bonchev–Trinajstić information content (AvgIpc) is 2.46. The van der Waals surface area contributed by atoms with Crippen molar-refractivity contribution in [3.63, 3.8) is 0 Å². The largest absolute Gasteiger partial charge is 0.222 e. The summed E-state index contributed by atoms with van der Waals surface area (Å²) in [5, 5.41) is 9.52. The lowest BCUT2D eigenvalue weighted by molar-refractivity contribution is 0.0548. The van der Waals surface area contributed by atoms with Gasteiger partial charge in [0.1, 0.15) is 0 Å². The Kier molecular flexibility index (Phi) is 3.13. The van der Waals surface area contributed by atoms with Gasteiger partial charge in [-0.3, -0.25) is 0 Å². The average molecular weight is 289 g/mol. The zero-order valence-electron chi connectivity index (χ0n) is 11.5. The minimum absolute atomic E-state index is 0.121. The molecule has 0 saturated heterocycles. The van der Waals surface area contributed by atoms with E-state index in [1.807, 2.05) is 0 Å². The van der Waals surface area contributed by atoms with Gasteiger partial charge >= 0.3 is 0 Å². The highest BCUT2D eigenvalue weighted by atomic mass is 32.2. The molecule has 0 N–H and O–H groups in total. The first-order valence-corrected chi connectivity index (χ1v) is 8.73. The van der Waals surface area contributed by atoms with Crippen LogP contribution in [-0.4, -0.2) is 13.2 Å². The molecule has 0 unspecified atom stereocenters. The Balaban J connectivity index is 1.91. The zero-order chi connectivity index (χ0) is 14.3. The van der Waals surface area contributed by atoms with Gasteiger partial charge in [0.05, 0.1) is 11.0 Å². The normalized spacial score (nSPS) is 23.8. The van der Waals surface area contributed by atoms with Crippen molar-refractivity contribution < 1.29 is 8.42 Å². The fourth-order valence-corrected chi connectivity index (χ4v) is 6.05. The topological polar surface area (TPSA) is 57.9 Å². The summed E-state index contributed by atoms with van der Waals surface area (Å²) < 4.78 is 24.4. The lowest BCUT2D eigenvalue weighted by Crippen LogP contribution is -2.56. The van der Waals surface area contributed by atoms with Crippen LogP contribution in [0, 0.1) is 16.7 Å². The second-order valence-electron chi connectivity index (χ2n) is 6.34. The van der Waals surface area contributed by atoms with E-state index >= 15 is 0 Å². The molecule has 3 nitrogen and oxygen atoms in total. The van der Waals surface area contributed by atoms with Crippen LogP contribution in [0.2, 0.25) is 0 Å². The highest BCUT2D eigenvalue weighted by Gasteiger charge is 2.62. The molecule has 0 heterocycles. The van der Waals surface area contributed by atoms with Crippen LogP contribution in [0.1, 0.15) is 44.9 Å². The number of hydrogen-bond donors (Lipinski definition) is 0. The van der Waals surface area contributed by atoms with Gasteiger partial charge in [0, 0.05) is 0 Å². The maximum absolute atomic E-state index is 12.8. The van der Waals surface area contributed by atoms with Crippen LogP contribution in [0.4, 0.5) is 0 Å². The molecule has 2 aliphatic carbocycles. The monoisotopic (exact) mass is 289 g/mol. The molecular weight excluding hydrogens is 270 g/mol. The fraction of sp³-hybridized carbons (Fsp3) is 0.562. The minimum atomic E-state index is -3.55. The van der Waals surface area contributed by atoms with Crippen LogP contribution >= 0.6 is 0 Å². The molecule has 0 bridgehead atoms. The van der Waals surface area contributed by atoms with Gasteiger partial charge in [-0.15, -0.1) is 0 Å². The molecule has 2 saturated carbocycles. The first-order chi connectivity index (χ1) is 9.54. The molecule has 1 aromatic rings. The molecule has 4 heteroatoms. The molecule has 106 valence electrons. The predicted octanol–water partition coefficient (Wildman–Crippen LogP) is 3.47. The van der Waals surface area contributed by atoms with Gasteiger partial charge in [-0.25, -0.2) is 8.42 Å². The highest BCUT2D eigenvalue weighted by Crippen LogP contribution is 2.60. The summed E-state index contributed by atoms with van der Waals surface area (Å²) in [7, 11) is -3.55. The number of benzene rings is 1. The van der Waals surface area contributed by atoms with E-state index in [2.05, 4.69) is 6.07 Å². The molecule has 3 rings (SSSR count). The second-order valence-corrected chi connectivity index (χ2v) is 8.60. The van der Waals surface area contributed by atoms with Crippen molar-refractivity contribution in [3.05, 3.63) is 30.3 Å². The van der Waals surface area contributed by atoms with E-state index < -0.39 is 14.6 Å². The third kappa shape index (κ3) is 1.88. The summed E-state index contributed by atoms with van der Waals surface area (Å²) >= 11 is 0. The Bertz CT molecular complexity index is 629. The zero-order valence-corrected chi connectivity index (χ0v) is 12.3. The molecule has 2 aliphatic rings. The molecule has 1 aromatic carbocycles. The molecule has 20 heavy (non-hydrogen) atoms. The van der Waals surface area contributed by atoms with Crippen LogP contribution in [0.15, 0.2) is 35.2 Å². The van der Waals surface area contributed by atoms with E-state index in [9.17, 15) is 13.7 Å². The molecule has 0 amide bonds. The van der Waals surface area contributed by atoms with E-state index in [0.29, 0.717) is 12.8 Å². The van der Waals surface area contributed by atoms with E-state index in [0.717, 1.165) is 12.8 Å². The lowest BCUT2D eigenvalue weighted by Gasteiger charge is -2.53. The van der Waals surface area contributed by atoms with Gasteiger partial charge in [0.15, 0.2) is 14.6 Å². The Morgan fingerprint density at radius 3 is 2.15 bits per heavy atom. The van der Waals surface area contributed by atoms with Gasteiger partial charge in [0.25, 0.3) is 0 Å². The van der Waals surface area contributed by atoms with Crippen LogP contribution in [0.5, 0.6) is 0 Å². The Morgan fingerprint density at radius 2 is 1.60 bits per heavy atom. The van der Waals surface area contributed by atoms with Crippen LogP contribution < -0.4 is 0 Å². The van der Waals surface area contributed by atoms with Gasteiger partial charge < -0.3 is 0 Å². The van der Waals surface area contributed by atoms with Crippen molar-refractivity contribution in [2.45, 2.75) is 54.6 Å². The van der Waals surface area contributed by atoms with Crippen molar-refractivity contribution in [2.75, 3.05) is 0 Å². The van der Waals surface area contributed by atoms with Crippen molar-refractivity contribution in [2.24, 2.45) is 5.41 Å². The van der Waals surface area contributed by atoms with E-state index in [4.69, 9.17) is 0 Å². The lowest BCUT2D eigenvalue weighted by atomic mass is 9.56. The van der Waals surface area contributed by atoms with E-state index in [1.54, 1.807) is 30.3 Å². The predicted molar refractivity (Wildman–Crippen MR) is 76.7 cm³/mol. The van der Waals surface area contributed by atoms with Crippen molar-refractivity contribution in [3.8, 4) is 6.07 Å². The van der Waals surface area contributed by atoms with Crippen molar-refractivity contribution >= 4 is 9.84 Å². The third-order valence-corrected chi connectivity index (χ3v) is 7.31. The Labute approximate surface area is 120 Å². The summed E-state index contributed by atoms with van der Waals surface area (Å²) in [5.41, 5.74) is 0.121. The summed E-state index contributed by atoms with van der Waals surface area (Å²) in [5.74, 6) is 0. The molecule has 0 radical (unpaired) electrons. The number of hydrogen-bond acceptors (Lipinski definition) is 3. The highest BCUT2D eigenvalue weighted by molar-refractivity contribution is 7.93. The number of sulfone groups is 1. The molecular formula is C16H19NO2S. The number of rotatable bonds is 2. The van der Waals surface area contributed by atoms with Gasteiger partial charge in [-0.05, 0) is 43.2 Å². The summed E-state index contributed by atoms with van der Waals surface area (Å²) in [6, 6.07) is 10.6. The number of nitriles is 1. The SMILES string of the molecule is N#CC1(S(=O)(=O)c2ccccc2)CC2(CCCCC2)C1. The third-order valence-electron chi connectivity index (χ3n) is 5.01. The summed E-state index contributed by atoms with van der Waals surface area (Å²) in [4.78, 5) is 0.284. The van der Waals surface area contributed by atoms with Gasteiger partial charge in [-0.1, -0.05) is 37.5 Å². The van der Waals surface area contributed by atoms with E-state index in [-0.39, 0.29) is 10.3 Å². The fourth-order valence-electron chi connectivity index (χ4n) is 3.97. The molecule has 2 fully saturated rings. The maximum Gasteiger partial charge on any atom is 0.197 e. The molecule has 0 aliphatic heterocycles. The summed E-state index contributed by atoms with van der Waals surface area (Å²) in [6.45, 7) is 0. The smallest absolute Gasteiger partial charge is 0.197 e. The first-order valence-electron chi connectivity index (χ1n) is 7.25. The molecule has 0 aromatic heterocycles. The van der Waals surface area contributed by atoms with Gasteiger partial charge in [-0.2, -0.15) is 5.26 Å². The summed E-state index contributed by atoms with van der Waals surface area (Å²) in [6.07, 6.45) is 6.80. The quantitative estimate of drug-likeness (QED) is 0.837. The first kappa shape index (κ1) is 13.6.